The number of ether oxygens (including phenoxy) is 1. The highest BCUT2D eigenvalue weighted by molar-refractivity contribution is 7.89. The van der Waals surface area contributed by atoms with Crippen molar-refractivity contribution in [1.29, 1.82) is 0 Å². The normalized spacial score (nSPS) is 24.4. The van der Waals surface area contributed by atoms with Crippen molar-refractivity contribution >= 4 is 44.2 Å². The number of aromatic nitrogens is 1. The number of piperazine rings is 1. The van der Waals surface area contributed by atoms with Crippen molar-refractivity contribution < 1.29 is 22.4 Å². The van der Waals surface area contributed by atoms with Crippen molar-refractivity contribution in [2.75, 3.05) is 58.4 Å². The third-order valence-electron chi connectivity index (χ3n) is 8.48. The van der Waals surface area contributed by atoms with Crippen LogP contribution in [0, 0.1) is 0 Å². The van der Waals surface area contributed by atoms with E-state index in [-0.39, 0.29) is 36.2 Å². The standard InChI is InChI=1S/C26H30ClN5O5S/c1-29-25(7-11-30(12-8-25)21-5-9-28-10-6-21)16-32-23(33)15-31(17-26(29,32)18-36-2)38(34,35)24-14-19-13-20(27)3-4-22(19)37-24/h3-6,9-10,13-14H,7-8,11-12,15-18H2,1-2H3. The topological polar surface area (TPSA) is 99.4 Å². The van der Waals surface area contributed by atoms with E-state index < -0.39 is 15.7 Å². The lowest BCUT2D eigenvalue weighted by Crippen LogP contribution is -2.70. The van der Waals surface area contributed by atoms with Gasteiger partial charge in [-0.25, -0.2) is 8.42 Å². The lowest BCUT2D eigenvalue weighted by molar-refractivity contribution is -0.152. The Hall–Kier alpha value is -2.70. The van der Waals surface area contributed by atoms with Gasteiger partial charge in [0.25, 0.3) is 10.0 Å². The largest absolute Gasteiger partial charge is 0.443 e. The number of halogens is 1. The number of hydrogen-bond acceptors (Lipinski definition) is 8. The van der Waals surface area contributed by atoms with Gasteiger partial charge in [-0.2, -0.15) is 4.31 Å². The van der Waals surface area contributed by atoms with Gasteiger partial charge in [-0.15, -0.1) is 0 Å². The Kier molecular flexibility index (Phi) is 6.19. The van der Waals surface area contributed by atoms with E-state index in [1.54, 1.807) is 37.7 Å². The van der Waals surface area contributed by atoms with Crippen LogP contribution in [0.1, 0.15) is 12.8 Å². The summed E-state index contributed by atoms with van der Waals surface area (Å²) in [7, 11) is -0.520. The molecule has 10 nitrogen and oxygen atoms in total. The van der Waals surface area contributed by atoms with Gasteiger partial charge < -0.3 is 19.0 Å². The molecule has 6 rings (SSSR count). The number of benzene rings is 1. The van der Waals surface area contributed by atoms with Crippen molar-refractivity contribution in [3.8, 4) is 0 Å². The van der Waals surface area contributed by atoms with Crippen LogP contribution in [0.4, 0.5) is 5.69 Å². The van der Waals surface area contributed by atoms with E-state index in [1.807, 2.05) is 24.1 Å². The number of carbonyl (C=O) groups is 1. The van der Waals surface area contributed by atoms with Crippen LogP contribution in [-0.2, 0) is 19.6 Å². The predicted octanol–water partition coefficient (Wildman–Crippen LogP) is 2.64. The molecule has 1 aromatic carbocycles. The van der Waals surface area contributed by atoms with Crippen LogP contribution in [0.3, 0.4) is 0 Å². The molecule has 1 spiro atoms. The number of piperidine rings is 1. The zero-order valence-corrected chi connectivity index (χ0v) is 22.9. The summed E-state index contributed by atoms with van der Waals surface area (Å²) in [6.45, 7) is 2.20. The molecular formula is C26H30ClN5O5S. The average molecular weight is 560 g/mol. The molecule has 3 saturated heterocycles. The fourth-order valence-electron chi connectivity index (χ4n) is 6.35. The van der Waals surface area contributed by atoms with E-state index in [2.05, 4.69) is 14.8 Å². The van der Waals surface area contributed by atoms with Crippen LogP contribution < -0.4 is 4.90 Å². The highest BCUT2D eigenvalue weighted by Crippen LogP contribution is 2.46. The predicted molar refractivity (Wildman–Crippen MR) is 142 cm³/mol. The number of carbonyl (C=O) groups excluding carboxylic acids is 1. The summed E-state index contributed by atoms with van der Waals surface area (Å²) in [5, 5.41) is 0.869. The Morgan fingerprint density at radius 1 is 1.11 bits per heavy atom. The molecule has 0 saturated carbocycles. The molecule has 1 unspecified atom stereocenters. The molecule has 12 heteroatoms. The first-order chi connectivity index (χ1) is 18.2. The molecule has 202 valence electrons. The van der Waals surface area contributed by atoms with E-state index in [4.69, 9.17) is 20.8 Å². The molecule has 3 aliphatic heterocycles. The summed E-state index contributed by atoms with van der Waals surface area (Å²) in [6, 6.07) is 10.4. The SMILES string of the molecule is COCC12CN(S(=O)(=O)c3cc4cc(Cl)ccc4o3)CC(=O)N1CC1(CCN(c3ccncc3)CC1)N2C. The van der Waals surface area contributed by atoms with Gasteiger partial charge in [-0.1, -0.05) is 11.6 Å². The van der Waals surface area contributed by atoms with E-state index >= 15 is 0 Å². The molecule has 1 atom stereocenters. The van der Waals surface area contributed by atoms with E-state index in [1.165, 1.54) is 10.4 Å². The highest BCUT2D eigenvalue weighted by atomic mass is 35.5. The molecule has 3 aliphatic rings. The highest BCUT2D eigenvalue weighted by Gasteiger charge is 2.63. The number of sulfonamides is 1. The quantitative estimate of drug-likeness (QED) is 0.470. The summed E-state index contributed by atoms with van der Waals surface area (Å²) in [6.07, 6.45) is 5.25. The summed E-state index contributed by atoms with van der Waals surface area (Å²) in [4.78, 5) is 24.1. The molecule has 0 radical (unpaired) electrons. The second-order valence-corrected chi connectivity index (χ2v) is 12.7. The molecule has 3 fully saturated rings. The second-order valence-electron chi connectivity index (χ2n) is 10.4. The van der Waals surface area contributed by atoms with Crippen molar-refractivity contribution in [3.05, 3.63) is 53.8 Å². The Labute approximate surface area is 226 Å². The Bertz CT molecular complexity index is 1470. The number of fused-ring (bicyclic) bond motifs is 2. The van der Waals surface area contributed by atoms with Crippen molar-refractivity contribution in [2.24, 2.45) is 0 Å². The zero-order chi connectivity index (χ0) is 26.7. The van der Waals surface area contributed by atoms with Gasteiger partial charge in [0.1, 0.15) is 11.2 Å². The molecule has 0 bridgehead atoms. The Balaban J connectivity index is 1.30. The number of likely N-dealkylation sites (N-methyl/N-ethyl adjacent to an activating group) is 1. The number of rotatable bonds is 5. The summed E-state index contributed by atoms with van der Waals surface area (Å²) in [5.74, 6) is -0.240. The first-order valence-electron chi connectivity index (χ1n) is 12.6. The number of methoxy groups -OCH3 is 1. The lowest BCUT2D eigenvalue weighted by Gasteiger charge is -2.50. The number of anilines is 1. The fourth-order valence-corrected chi connectivity index (χ4v) is 7.91. The number of nitrogens with zero attached hydrogens (tertiary/aromatic N) is 5. The first-order valence-corrected chi connectivity index (χ1v) is 14.4. The third kappa shape index (κ3) is 3.91. The number of pyridine rings is 1. The number of furan rings is 1. The van der Waals surface area contributed by atoms with Gasteiger partial charge in [0.05, 0.1) is 19.7 Å². The Morgan fingerprint density at radius 3 is 2.55 bits per heavy atom. The maximum Gasteiger partial charge on any atom is 0.277 e. The van der Waals surface area contributed by atoms with E-state index in [0.717, 1.165) is 31.6 Å². The molecule has 2 aromatic heterocycles. The number of amides is 1. The van der Waals surface area contributed by atoms with Gasteiger partial charge in [0.15, 0.2) is 0 Å². The monoisotopic (exact) mass is 559 g/mol. The van der Waals surface area contributed by atoms with Crippen LogP contribution >= 0.6 is 11.6 Å². The molecule has 0 aliphatic carbocycles. The van der Waals surface area contributed by atoms with Crippen LogP contribution in [0.15, 0.2) is 58.3 Å². The van der Waals surface area contributed by atoms with Gasteiger partial charge >= 0.3 is 0 Å². The van der Waals surface area contributed by atoms with Crippen molar-refractivity contribution in [1.82, 2.24) is 19.1 Å². The minimum absolute atomic E-state index is 0.0824. The lowest BCUT2D eigenvalue weighted by atomic mass is 9.86. The van der Waals surface area contributed by atoms with Crippen LogP contribution in [-0.4, -0.2) is 98.1 Å². The minimum Gasteiger partial charge on any atom is -0.443 e. The summed E-state index contributed by atoms with van der Waals surface area (Å²) in [5.41, 5.74) is 0.335. The van der Waals surface area contributed by atoms with Gasteiger partial charge in [-0.05, 0) is 50.2 Å². The molecular weight excluding hydrogens is 530 g/mol. The zero-order valence-electron chi connectivity index (χ0n) is 21.3. The average Bonchev–Trinajstić information content (AvgIpc) is 3.44. The molecule has 5 heterocycles. The molecule has 1 amide bonds. The van der Waals surface area contributed by atoms with Gasteiger partial charge in [0.2, 0.25) is 11.0 Å². The first kappa shape index (κ1) is 25.6. The van der Waals surface area contributed by atoms with Crippen LogP contribution in [0.25, 0.3) is 11.0 Å². The molecule has 3 aromatic rings. The van der Waals surface area contributed by atoms with Gasteiger partial charge in [-0.3, -0.25) is 14.7 Å². The fraction of sp³-hybridized carbons (Fsp3) is 0.462. The van der Waals surface area contributed by atoms with E-state index in [9.17, 15) is 13.2 Å². The number of hydrogen-bond donors (Lipinski definition) is 0. The minimum atomic E-state index is -4.10. The van der Waals surface area contributed by atoms with Gasteiger partial charge in [0, 0.05) is 66.8 Å². The van der Waals surface area contributed by atoms with Crippen molar-refractivity contribution in [2.45, 2.75) is 29.1 Å². The second kappa shape index (κ2) is 9.20. The summed E-state index contributed by atoms with van der Waals surface area (Å²) >= 11 is 6.08. The van der Waals surface area contributed by atoms with E-state index in [0.29, 0.717) is 22.5 Å². The maximum absolute atomic E-state index is 13.8. The maximum atomic E-state index is 13.8. The molecule has 38 heavy (non-hydrogen) atoms. The van der Waals surface area contributed by atoms with Crippen LogP contribution in [0.2, 0.25) is 5.02 Å². The third-order valence-corrected chi connectivity index (χ3v) is 10.4. The van der Waals surface area contributed by atoms with Crippen molar-refractivity contribution in [3.63, 3.8) is 0 Å². The molecule has 0 N–H and O–H groups in total. The smallest absolute Gasteiger partial charge is 0.277 e. The Morgan fingerprint density at radius 2 is 1.84 bits per heavy atom. The van der Waals surface area contributed by atoms with Crippen LogP contribution in [0.5, 0.6) is 0 Å². The summed E-state index contributed by atoms with van der Waals surface area (Å²) < 4.78 is 40.1.